The molecule has 1 saturated heterocycles. The first kappa shape index (κ1) is 20.4. The van der Waals surface area contributed by atoms with Gasteiger partial charge in [-0.1, -0.05) is 23.4 Å². The summed E-state index contributed by atoms with van der Waals surface area (Å²) in [5, 5.41) is 15.7. The maximum Gasteiger partial charge on any atom is 0.260 e. The van der Waals surface area contributed by atoms with Crippen molar-refractivity contribution in [1.82, 2.24) is 19.9 Å². The smallest absolute Gasteiger partial charge is 0.260 e. The molecule has 0 atom stereocenters. The number of ether oxygens (including phenoxy) is 1. The number of aromatic hydroxyl groups is 1. The Labute approximate surface area is 178 Å². The van der Waals surface area contributed by atoms with Gasteiger partial charge in [-0.2, -0.15) is 4.98 Å². The molecule has 1 N–H and O–H groups in total. The van der Waals surface area contributed by atoms with E-state index in [9.17, 15) is 9.90 Å². The van der Waals surface area contributed by atoms with Gasteiger partial charge in [0.05, 0.1) is 4.88 Å². The molecule has 9 heteroatoms. The van der Waals surface area contributed by atoms with Crippen LogP contribution >= 0.6 is 11.3 Å². The number of thiophene rings is 1. The summed E-state index contributed by atoms with van der Waals surface area (Å²) in [6.07, 6.45) is 1.67. The highest BCUT2D eigenvalue weighted by Gasteiger charge is 2.21. The van der Waals surface area contributed by atoms with Crippen LogP contribution < -0.4 is 4.74 Å². The van der Waals surface area contributed by atoms with E-state index in [0.717, 1.165) is 37.4 Å². The number of rotatable bonds is 8. The molecule has 3 aromatic rings. The number of amides is 1. The molecule has 0 aliphatic carbocycles. The Morgan fingerprint density at radius 2 is 2.00 bits per heavy atom. The quantitative estimate of drug-likeness (QED) is 0.590. The van der Waals surface area contributed by atoms with Gasteiger partial charge >= 0.3 is 0 Å². The van der Waals surface area contributed by atoms with Crippen LogP contribution in [-0.4, -0.2) is 70.3 Å². The van der Waals surface area contributed by atoms with Crippen LogP contribution in [0, 0.1) is 0 Å². The van der Waals surface area contributed by atoms with Gasteiger partial charge in [-0.3, -0.25) is 9.69 Å². The zero-order valence-corrected chi connectivity index (χ0v) is 17.4. The fourth-order valence-electron chi connectivity index (χ4n) is 3.35. The summed E-state index contributed by atoms with van der Waals surface area (Å²) in [6.45, 7) is 3.85. The third-order valence-corrected chi connectivity index (χ3v) is 5.88. The highest BCUT2D eigenvalue weighted by molar-refractivity contribution is 7.13. The van der Waals surface area contributed by atoms with Crippen LogP contribution in [0.4, 0.5) is 0 Å². The number of carbonyl (C=O) groups excluding carboxylic acids is 1. The van der Waals surface area contributed by atoms with E-state index in [1.807, 2.05) is 22.4 Å². The number of nitrogens with zero attached hydrogens (tertiary/aromatic N) is 4. The van der Waals surface area contributed by atoms with Gasteiger partial charge < -0.3 is 19.3 Å². The maximum atomic E-state index is 12.4. The van der Waals surface area contributed by atoms with E-state index in [1.165, 1.54) is 6.07 Å². The van der Waals surface area contributed by atoms with Crippen molar-refractivity contribution in [2.75, 3.05) is 39.3 Å². The van der Waals surface area contributed by atoms with Crippen LogP contribution in [0.2, 0.25) is 0 Å². The number of carbonyl (C=O) groups is 1. The number of aryl methyl sites for hydroxylation is 1. The summed E-state index contributed by atoms with van der Waals surface area (Å²) in [7, 11) is 0. The van der Waals surface area contributed by atoms with Crippen molar-refractivity contribution in [3.05, 3.63) is 47.7 Å². The molecule has 1 aliphatic heterocycles. The third-order valence-electron chi connectivity index (χ3n) is 5.02. The second-order valence-electron chi connectivity index (χ2n) is 7.07. The summed E-state index contributed by atoms with van der Waals surface area (Å²) in [5.41, 5.74) is 0. The first-order chi connectivity index (χ1) is 14.7. The fourth-order valence-corrected chi connectivity index (χ4v) is 4.00. The van der Waals surface area contributed by atoms with Gasteiger partial charge in [0, 0.05) is 32.6 Å². The number of phenols is 1. The normalized spacial score (nSPS) is 14.7. The highest BCUT2D eigenvalue weighted by Crippen LogP contribution is 2.24. The van der Waals surface area contributed by atoms with Gasteiger partial charge in [-0.15, -0.1) is 11.3 Å². The molecule has 2 aromatic heterocycles. The molecule has 0 spiro atoms. The van der Waals surface area contributed by atoms with Gasteiger partial charge in [0.15, 0.2) is 18.1 Å². The number of hydrogen-bond acceptors (Lipinski definition) is 8. The molecule has 4 rings (SSSR count). The highest BCUT2D eigenvalue weighted by atomic mass is 32.1. The number of phenolic OH excluding ortho intramolecular Hbond substituents is 1. The standard InChI is InChI=1S/C21H24N4O4S/c26-16-5-1-2-6-17(16)28-15-20(27)25-12-10-24(11-13-25)9-3-8-19-22-21(23-29-19)18-7-4-14-30-18/h1-2,4-7,14,26H,3,8-13,15H2. The van der Waals surface area contributed by atoms with E-state index in [4.69, 9.17) is 9.26 Å². The summed E-state index contributed by atoms with van der Waals surface area (Å²) >= 11 is 1.59. The number of benzene rings is 1. The number of aromatic nitrogens is 2. The summed E-state index contributed by atoms with van der Waals surface area (Å²) in [4.78, 5) is 22.0. The molecule has 1 aromatic carbocycles. The van der Waals surface area contributed by atoms with Crippen LogP contribution in [0.3, 0.4) is 0 Å². The van der Waals surface area contributed by atoms with Gasteiger partial charge in [0.25, 0.3) is 5.91 Å². The van der Waals surface area contributed by atoms with Crippen molar-refractivity contribution in [1.29, 1.82) is 0 Å². The van der Waals surface area contributed by atoms with Crippen molar-refractivity contribution in [2.45, 2.75) is 12.8 Å². The molecule has 8 nitrogen and oxygen atoms in total. The van der Waals surface area contributed by atoms with Gasteiger partial charge in [-0.05, 0) is 36.5 Å². The van der Waals surface area contributed by atoms with Crippen LogP contribution in [0.15, 0.2) is 46.3 Å². The molecule has 0 saturated carbocycles. The zero-order chi connectivity index (χ0) is 20.8. The Balaban J connectivity index is 1.15. The number of hydrogen-bond donors (Lipinski definition) is 1. The number of piperazine rings is 1. The Bertz CT molecular complexity index is 952. The topological polar surface area (TPSA) is 91.9 Å². The molecule has 0 radical (unpaired) electrons. The Kier molecular flexibility index (Phi) is 6.60. The van der Waals surface area contributed by atoms with Gasteiger partial charge in [-0.25, -0.2) is 0 Å². The largest absolute Gasteiger partial charge is 0.504 e. The molecular weight excluding hydrogens is 404 g/mol. The number of para-hydroxylation sites is 2. The SMILES string of the molecule is O=C(COc1ccccc1O)N1CCN(CCCc2nc(-c3cccs3)no2)CC1. The Morgan fingerprint density at radius 1 is 1.17 bits per heavy atom. The molecular formula is C21H24N4O4S. The lowest BCUT2D eigenvalue weighted by Gasteiger charge is -2.34. The molecule has 0 unspecified atom stereocenters. The zero-order valence-electron chi connectivity index (χ0n) is 16.6. The second-order valence-corrected chi connectivity index (χ2v) is 8.02. The van der Waals surface area contributed by atoms with Crippen LogP contribution in [0.25, 0.3) is 10.7 Å². The van der Waals surface area contributed by atoms with E-state index >= 15 is 0 Å². The van der Waals surface area contributed by atoms with Crippen molar-refractivity contribution in [3.8, 4) is 22.2 Å². The minimum absolute atomic E-state index is 0.0406. The predicted octanol–water partition coefficient (Wildman–Crippen LogP) is 2.66. The van der Waals surface area contributed by atoms with E-state index in [-0.39, 0.29) is 18.3 Å². The Morgan fingerprint density at radius 3 is 2.77 bits per heavy atom. The molecule has 1 aliphatic rings. The maximum absolute atomic E-state index is 12.4. The lowest BCUT2D eigenvalue weighted by atomic mass is 10.2. The molecule has 0 bridgehead atoms. The van der Waals surface area contributed by atoms with Gasteiger partial charge in [0.1, 0.15) is 0 Å². The summed E-state index contributed by atoms with van der Waals surface area (Å²) in [5.74, 6) is 1.61. The minimum atomic E-state index is -0.0681. The van der Waals surface area contributed by atoms with Crippen molar-refractivity contribution >= 4 is 17.2 Å². The average molecular weight is 429 g/mol. The van der Waals surface area contributed by atoms with Crippen LogP contribution in [0.5, 0.6) is 11.5 Å². The minimum Gasteiger partial charge on any atom is -0.504 e. The van der Waals surface area contributed by atoms with Crippen molar-refractivity contribution in [2.24, 2.45) is 0 Å². The van der Waals surface area contributed by atoms with Crippen LogP contribution in [-0.2, 0) is 11.2 Å². The van der Waals surface area contributed by atoms with E-state index in [0.29, 0.717) is 30.6 Å². The monoisotopic (exact) mass is 428 g/mol. The first-order valence-corrected chi connectivity index (χ1v) is 10.8. The summed E-state index contributed by atoms with van der Waals surface area (Å²) < 4.78 is 10.8. The lowest BCUT2D eigenvalue weighted by Crippen LogP contribution is -2.50. The lowest BCUT2D eigenvalue weighted by molar-refractivity contribution is -0.135. The predicted molar refractivity (Wildman–Crippen MR) is 113 cm³/mol. The van der Waals surface area contributed by atoms with E-state index in [2.05, 4.69) is 15.0 Å². The van der Waals surface area contributed by atoms with E-state index < -0.39 is 0 Å². The van der Waals surface area contributed by atoms with Crippen molar-refractivity contribution in [3.63, 3.8) is 0 Å². The third kappa shape index (κ3) is 5.17. The Hall–Kier alpha value is -2.91. The molecule has 158 valence electrons. The fraction of sp³-hybridized carbons (Fsp3) is 0.381. The van der Waals surface area contributed by atoms with Crippen molar-refractivity contribution < 1.29 is 19.2 Å². The van der Waals surface area contributed by atoms with E-state index in [1.54, 1.807) is 29.5 Å². The average Bonchev–Trinajstić information content (AvgIpc) is 3.45. The van der Waals surface area contributed by atoms with Crippen LogP contribution in [0.1, 0.15) is 12.3 Å². The van der Waals surface area contributed by atoms with Gasteiger partial charge in [0.2, 0.25) is 11.7 Å². The molecule has 1 fully saturated rings. The molecule has 30 heavy (non-hydrogen) atoms. The first-order valence-electron chi connectivity index (χ1n) is 9.96. The molecule has 3 heterocycles. The summed E-state index contributed by atoms with van der Waals surface area (Å²) in [6, 6.07) is 10.6. The second kappa shape index (κ2) is 9.73. The molecule has 1 amide bonds.